The number of aliphatic hydroxyl groups is 6. The van der Waals surface area contributed by atoms with Gasteiger partial charge in [0.2, 0.25) is 47.6 Å². The first-order valence-corrected chi connectivity index (χ1v) is 41.8. The molecule has 0 spiro atoms. The van der Waals surface area contributed by atoms with Crippen molar-refractivity contribution >= 4 is 105 Å². The molecule has 0 aromatic heterocycles. The highest BCUT2D eigenvalue weighted by atomic mass is 32.2. The van der Waals surface area contributed by atoms with Crippen molar-refractivity contribution in [3.63, 3.8) is 0 Å². The van der Waals surface area contributed by atoms with E-state index in [1.54, 1.807) is 86.8 Å². The summed E-state index contributed by atoms with van der Waals surface area (Å²) in [6.07, 6.45) is -7.41. The number of carbonyl (C=O) groups is 14. The zero-order valence-electron chi connectivity index (χ0n) is 72.3. The summed E-state index contributed by atoms with van der Waals surface area (Å²) >= 11 is 0. The molecule has 12 N–H and O–H groups in total. The molecule has 0 radical (unpaired) electrons. The smallest absolute Gasteiger partial charge is 0.425 e. The number of carbonyl (C=O) groups excluding carboxylic acids is 15. The molecule has 45 heteroatoms. The number of carboxylic acid groups (broad SMARTS) is 1. The maximum atomic E-state index is 13.8. The van der Waals surface area contributed by atoms with Crippen molar-refractivity contribution in [3.05, 3.63) is 83.0 Å². The largest absolute Gasteiger partial charge is 0.479 e. The van der Waals surface area contributed by atoms with E-state index in [9.17, 15) is 103 Å². The van der Waals surface area contributed by atoms with E-state index >= 15 is 0 Å². The Hall–Kier alpha value is -10.8. The molecular weight excluding hydrogens is 1700 g/mol. The molecule has 2 aromatic carbocycles. The highest BCUT2D eigenvalue weighted by Gasteiger charge is 2.51. The maximum absolute atomic E-state index is 13.8. The molecule has 0 saturated carbocycles. The first kappa shape index (κ1) is 107. The molecule has 15 atom stereocenters. The lowest BCUT2D eigenvalue weighted by Crippen LogP contribution is -2.59. The second-order valence-electron chi connectivity index (χ2n) is 32.4. The Morgan fingerprint density at radius 1 is 0.606 bits per heavy atom. The van der Waals surface area contributed by atoms with Crippen LogP contribution in [0.4, 0.5) is 5.69 Å². The van der Waals surface area contributed by atoms with Gasteiger partial charge >= 0.3 is 34.7 Å². The summed E-state index contributed by atoms with van der Waals surface area (Å²) in [6.45, 7) is 17.6. The number of aliphatic carboxylic acids is 1. The van der Waals surface area contributed by atoms with Crippen LogP contribution in [0.15, 0.2) is 60.7 Å². The lowest BCUT2D eigenvalue weighted by molar-refractivity contribution is -0.242. The Morgan fingerprint density at radius 2 is 1.14 bits per heavy atom. The molecule has 44 nitrogen and oxygen atoms in total. The first-order valence-electron chi connectivity index (χ1n) is 40.8. The number of amides is 11. The van der Waals surface area contributed by atoms with Gasteiger partial charge in [0.25, 0.3) is 23.6 Å². The SMILES string of the molecule is CCOC[C@@H]1C[C@H](N2C(=O)C=CC2=O)C(=O)N1CC(=O)NCCCCc1ccc(COC(=O)C(C)(C)C)c(OC2OC[C@@H](O)[C@H](O)[C@H]2O)c1.COCCOCCOCCC(=O)NC[C@@H]1C[C@@H](N2C(=O)C=CC2=O)C(=O)N1CC(=O)N[C@H](C(=O)N[C@@H](C)C(=O)Nc1ccc(COC(=O)C(C)(C)C)c(CC[C@@H]2O[C@H](C(=O)O)[C@@H](O)[C@H](O)[C@H]2O)c1)C(C)C.O=C=O.O=S(=O)=O. The number of nitrogens with one attached hydrogen (secondary N) is 5. The number of aliphatic hydroxyl groups excluding tert-OH is 6. The van der Waals surface area contributed by atoms with Gasteiger partial charge in [0, 0.05) is 75.2 Å². The number of methoxy groups -OCH3 is 1. The molecule has 1 unspecified atom stereocenters. The minimum atomic E-state index is -3.11. The van der Waals surface area contributed by atoms with Gasteiger partial charge in [0.1, 0.15) is 79.8 Å². The van der Waals surface area contributed by atoms with Crippen LogP contribution in [-0.4, -0.2) is 335 Å². The van der Waals surface area contributed by atoms with Crippen LogP contribution >= 0.6 is 0 Å². The monoisotopic (exact) mass is 1820 g/mol. The normalized spacial score (nSPS) is 23.1. The second-order valence-corrected chi connectivity index (χ2v) is 32.8. The molecule has 4 saturated heterocycles. The van der Waals surface area contributed by atoms with E-state index in [1.165, 1.54) is 17.9 Å². The van der Waals surface area contributed by atoms with Crippen molar-refractivity contribution in [3.8, 4) is 5.75 Å². The van der Waals surface area contributed by atoms with Crippen LogP contribution in [0.2, 0.25) is 0 Å². The van der Waals surface area contributed by atoms with Gasteiger partial charge in [-0.1, -0.05) is 32.0 Å². The number of rotatable bonds is 41. The van der Waals surface area contributed by atoms with Crippen molar-refractivity contribution < 1.29 is 168 Å². The summed E-state index contributed by atoms with van der Waals surface area (Å²) in [4.78, 5) is 200. The zero-order valence-corrected chi connectivity index (χ0v) is 73.1. The number of benzene rings is 2. The number of hydrogen-bond acceptors (Lipinski definition) is 34. The molecule has 0 bridgehead atoms. The lowest BCUT2D eigenvalue weighted by atomic mass is 9.91. The molecule has 8 rings (SSSR count). The number of esters is 2. The second kappa shape index (κ2) is 51.3. The molecule has 127 heavy (non-hydrogen) atoms. The van der Waals surface area contributed by atoms with Crippen LogP contribution < -0.4 is 31.3 Å². The highest BCUT2D eigenvalue weighted by molar-refractivity contribution is 7.59. The Labute approximate surface area is 733 Å². The first-order chi connectivity index (χ1) is 59.8. The molecule has 6 aliphatic heterocycles. The van der Waals surface area contributed by atoms with E-state index in [0.29, 0.717) is 68.9 Å². The third-order valence-electron chi connectivity index (χ3n) is 20.4. The van der Waals surface area contributed by atoms with Gasteiger partial charge in [0.15, 0.2) is 6.10 Å². The number of likely N-dealkylation sites (tertiary alicyclic amines) is 2. The van der Waals surface area contributed by atoms with Crippen molar-refractivity contribution in [2.24, 2.45) is 16.7 Å². The van der Waals surface area contributed by atoms with Crippen molar-refractivity contribution in [1.29, 1.82) is 0 Å². The van der Waals surface area contributed by atoms with Gasteiger partial charge < -0.3 is 115 Å². The van der Waals surface area contributed by atoms with E-state index in [0.717, 1.165) is 44.6 Å². The predicted octanol–water partition coefficient (Wildman–Crippen LogP) is -3.32. The van der Waals surface area contributed by atoms with Crippen LogP contribution in [0.1, 0.15) is 130 Å². The van der Waals surface area contributed by atoms with Gasteiger partial charge in [-0.25, -0.2) is 4.79 Å². The fourth-order valence-corrected chi connectivity index (χ4v) is 13.5. The molecular formula is C82H115N9O35S. The molecule has 11 amide bonds. The Morgan fingerprint density at radius 3 is 1.69 bits per heavy atom. The van der Waals surface area contributed by atoms with Gasteiger partial charge in [0.05, 0.1) is 88.4 Å². The number of carboxylic acids is 1. The number of anilines is 1. The molecule has 2 aromatic rings. The minimum Gasteiger partial charge on any atom is -0.479 e. The third-order valence-corrected chi connectivity index (χ3v) is 20.4. The van der Waals surface area contributed by atoms with E-state index in [2.05, 4.69) is 26.6 Å². The number of hydrogen-bond donors (Lipinski definition) is 12. The average molecular weight is 1820 g/mol. The van der Waals surface area contributed by atoms with Crippen molar-refractivity contribution in [2.45, 2.75) is 225 Å². The average Bonchev–Trinajstić information content (AvgIpc) is 1.65. The van der Waals surface area contributed by atoms with Crippen LogP contribution in [0.25, 0.3) is 0 Å². The zero-order chi connectivity index (χ0) is 94.9. The number of nitrogens with zero attached hydrogens (tertiary/aromatic N) is 4. The third kappa shape index (κ3) is 32.8. The molecule has 6 aliphatic rings. The summed E-state index contributed by atoms with van der Waals surface area (Å²) in [5, 5.41) is 84.3. The summed E-state index contributed by atoms with van der Waals surface area (Å²) in [6, 6.07) is 4.01. The topological polar surface area (TPSA) is 622 Å². The van der Waals surface area contributed by atoms with Crippen LogP contribution in [0, 0.1) is 16.7 Å². The maximum Gasteiger partial charge on any atom is 0.425 e. The van der Waals surface area contributed by atoms with Crippen molar-refractivity contribution in [1.82, 2.24) is 40.9 Å². The van der Waals surface area contributed by atoms with Gasteiger partial charge in [-0.2, -0.15) is 9.59 Å². The summed E-state index contributed by atoms with van der Waals surface area (Å²) in [5.41, 5.74) is 1.03. The van der Waals surface area contributed by atoms with Gasteiger partial charge in [-0.15, -0.1) is 12.6 Å². The quantitative estimate of drug-likeness (QED) is 0.0176. The number of unbranched alkanes of at least 4 members (excludes halogenated alkanes) is 1. The molecule has 4 fully saturated rings. The molecule has 6 heterocycles. The number of ether oxygens (including phenoxy) is 9. The lowest BCUT2D eigenvalue weighted by Gasteiger charge is -2.39. The molecule has 704 valence electrons. The van der Waals surface area contributed by atoms with E-state index in [-0.39, 0.29) is 108 Å². The fourth-order valence-electron chi connectivity index (χ4n) is 13.5. The summed E-state index contributed by atoms with van der Waals surface area (Å²) in [5.74, 6) is -9.44. The van der Waals surface area contributed by atoms with Gasteiger partial charge in [-0.3, -0.25) is 72.1 Å². The van der Waals surface area contributed by atoms with Gasteiger partial charge in [-0.05, 0) is 135 Å². The van der Waals surface area contributed by atoms with Crippen LogP contribution in [0.3, 0.4) is 0 Å². The number of imide groups is 2. The van der Waals surface area contributed by atoms with Crippen LogP contribution in [-0.2, 0) is 151 Å². The number of aryl methyl sites for hydroxylation is 2. The minimum absolute atomic E-state index is 0.0274. The van der Waals surface area contributed by atoms with Crippen LogP contribution in [0.5, 0.6) is 5.75 Å². The van der Waals surface area contributed by atoms with Crippen molar-refractivity contribution in [2.75, 3.05) is 91.5 Å². The summed E-state index contributed by atoms with van der Waals surface area (Å²) < 4.78 is 74.2. The summed E-state index contributed by atoms with van der Waals surface area (Å²) in [7, 11) is -1.56. The predicted molar refractivity (Wildman–Crippen MR) is 433 cm³/mol. The fraction of sp³-hybridized carbons (Fsp3) is 0.622. The Balaban J connectivity index is 0.000000443. The Bertz CT molecular complexity index is 4350. The standard InChI is InChI=1S/C47H68N6O18.C34H47N3O12.CO2.O3S/c1-25(2)37(51-34(55)23-52-30(21-31(44(52)63)53-35(56)12-13-36(53)57)22-48-33(54)14-15-68-18-19-69-17-16-67-7)43(62)49-26(3)42(61)50-29-10-8-28(24-70-46(66)47(4,5)6)27(20-29)9-11-32-38(58)39(59)40(60)41(71-32)45(64)65;1-5-46-18-22-15-23(37-27(40)11-12-28(37)41)31(44)36(22)16-26(39)35-13-7-6-8-20-9-10-21(17-48-33(45)34(2,3)4)25(14-20)49-32-30(43)29(42)24(38)19-47-32;2-1-3;1-4(2)3/h8,10,12-13,20,25-26,30-32,37-41,58-60H,9,11,14-19,21-24H2,1-7H3,(H,48,54)(H,49,62)(H,50,61)(H,51,55)(H,64,65);9-12,14,22-24,29-30,32,38,42-43H,5-8,13,15-19H2,1-4H3,(H,35,39);;/t26-,30-,31+,32-,37-,38-,39+,40-,41-;22-,23-,24+,29-,30+,32?;;/m00../s1. The Kier molecular flexibility index (Phi) is 43.1. The van der Waals surface area contributed by atoms with E-state index in [1.807, 2.05) is 13.0 Å². The van der Waals surface area contributed by atoms with E-state index in [4.69, 9.17) is 64.8 Å². The van der Waals surface area contributed by atoms with E-state index < -0.39 is 202 Å². The highest BCUT2D eigenvalue weighted by Crippen LogP contribution is 2.33. The molecule has 0 aliphatic carbocycles.